The number of halogens is 1. The topological polar surface area (TPSA) is 46.3 Å². The lowest BCUT2D eigenvalue weighted by atomic mass is 10.2. The molecule has 0 saturated carbocycles. The quantitative estimate of drug-likeness (QED) is 0.765. The summed E-state index contributed by atoms with van der Waals surface area (Å²) in [7, 11) is 0. The number of aromatic nitrogens is 1. The zero-order chi connectivity index (χ0) is 11.1. The second kappa shape index (κ2) is 3.49. The molecule has 0 atom stereocenters. The maximum Gasteiger partial charge on any atom is 0.293 e. The van der Waals surface area contributed by atoms with Crippen molar-refractivity contribution in [3.05, 3.63) is 23.5 Å². The highest BCUT2D eigenvalue weighted by Gasteiger charge is 2.22. The van der Waals surface area contributed by atoms with Crippen LogP contribution in [0.4, 0.5) is 5.69 Å². The number of carbonyl (C=O) groups is 1. The lowest BCUT2D eigenvalue weighted by Crippen LogP contribution is -2.23. The predicted molar refractivity (Wildman–Crippen MR) is 60.6 cm³/mol. The van der Waals surface area contributed by atoms with Crippen LogP contribution in [0.1, 0.15) is 12.8 Å². The minimum Gasteiger partial charge on any atom is -0.427 e. The molecule has 0 radical (unpaired) electrons. The van der Waals surface area contributed by atoms with Crippen LogP contribution in [0, 0.1) is 0 Å². The van der Waals surface area contributed by atoms with E-state index in [9.17, 15) is 4.79 Å². The number of benzene rings is 1. The first-order valence-electron chi connectivity index (χ1n) is 5.10. The summed E-state index contributed by atoms with van der Waals surface area (Å²) in [4.78, 5) is 17.3. The molecule has 1 amide bonds. The summed E-state index contributed by atoms with van der Waals surface area (Å²) >= 11 is 5.67. The minimum atomic E-state index is 0.125. The Hall–Kier alpha value is -1.55. The van der Waals surface area contributed by atoms with Crippen molar-refractivity contribution in [2.24, 2.45) is 0 Å². The second-order valence-corrected chi connectivity index (χ2v) is 4.09. The number of amides is 1. The standard InChI is InChI=1S/C11H9ClN2O2/c12-11-13-8-4-3-7(6-9(8)16-11)14-5-1-2-10(14)15/h3-4,6H,1-2,5H2. The molecule has 3 rings (SSSR count). The van der Waals surface area contributed by atoms with Gasteiger partial charge in [-0.3, -0.25) is 4.79 Å². The molecule has 1 aliphatic rings. The van der Waals surface area contributed by atoms with Gasteiger partial charge in [-0.05, 0) is 30.2 Å². The molecule has 82 valence electrons. The lowest BCUT2D eigenvalue weighted by Gasteiger charge is -2.14. The Balaban J connectivity index is 2.07. The van der Waals surface area contributed by atoms with Crippen LogP contribution in [0.5, 0.6) is 0 Å². The minimum absolute atomic E-state index is 0.125. The molecule has 0 spiro atoms. The van der Waals surface area contributed by atoms with Gasteiger partial charge in [0.25, 0.3) is 5.35 Å². The van der Waals surface area contributed by atoms with Crippen molar-refractivity contribution in [1.82, 2.24) is 4.98 Å². The molecule has 5 heteroatoms. The summed E-state index contributed by atoms with van der Waals surface area (Å²) in [6.07, 6.45) is 1.53. The summed E-state index contributed by atoms with van der Waals surface area (Å²) in [5.41, 5.74) is 2.17. The summed E-state index contributed by atoms with van der Waals surface area (Å²) in [5, 5.41) is 0.125. The normalized spacial score (nSPS) is 16.3. The molecule has 1 aliphatic heterocycles. The number of nitrogens with zero attached hydrogens (tertiary/aromatic N) is 2. The van der Waals surface area contributed by atoms with Crippen molar-refractivity contribution in [3.63, 3.8) is 0 Å². The maximum atomic E-state index is 11.6. The van der Waals surface area contributed by atoms with Crippen LogP contribution in [-0.2, 0) is 4.79 Å². The van der Waals surface area contributed by atoms with Gasteiger partial charge in [0.15, 0.2) is 5.58 Å². The molecule has 2 aromatic rings. The zero-order valence-corrected chi connectivity index (χ0v) is 9.20. The molecule has 1 saturated heterocycles. The SMILES string of the molecule is O=C1CCCN1c1ccc2nc(Cl)oc2c1. The van der Waals surface area contributed by atoms with Crippen molar-refractivity contribution in [3.8, 4) is 0 Å². The molecular weight excluding hydrogens is 228 g/mol. The summed E-state index contributed by atoms with van der Waals surface area (Å²) < 4.78 is 5.22. The van der Waals surface area contributed by atoms with Gasteiger partial charge in [-0.1, -0.05) is 0 Å². The van der Waals surface area contributed by atoms with Crippen molar-refractivity contribution in [1.29, 1.82) is 0 Å². The molecule has 0 N–H and O–H groups in total. The first kappa shape index (κ1) is 9.66. The molecule has 1 aromatic heterocycles. The zero-order valence-electron chi connectivity index (χ0n) is 8.44. The van der Waals surface area contributed by atoms with Crippen LogP contribution in [0.2, 0.25) is 5.35 Å². The van der Waals surface area contributed by atoms with Gasteiger partial charge in [0.05, 0.1) is 0 Å². The first-order chi connectivity index (χ1) is 7.74. The van der Waals surface area contributed by atoms with E-state index in [1.165, 1.54) is 0 Å². The Morgan fingerprint density at radius 1 is 1.44 bits per heavy atom. The van der Waals surface area contributed by atoms with Gasteiger partial charge in [0.2, 0.25) is 5.91 Å². The van der Waals surface area contributed by atoms with E-state index >= 15 is 0 Å². The summed E-state index contributed by atoms with van der Waals surface area (Å²) in [6, 6.07) is 5.48. The van der Waals surface area contributed by atoms with Crippen LogP contribution in [0.15, 0.2) is 22.6 Å². The van der Waals surface area contributed by atoms with Crippen LogP contribution in [-0.4, -0.2) is 17.4 Å². The van der Waals surface area contributed by atoms with Gasteiger partial charge >= 0.3 is 0 Å². The Labute approximate surface area is 96.8 Å². The average Bonchev–Trinajstić information content (AvgIpc) is 2.81. The van der Waals surface area contributed by atoms with Crippen molar-refractivity contribution < 1.29 is 9.21 Å². The molecule has 1 aromatic carbocycles. The van der Waals surface area contributed by atoms with Crippen LogP contribution in [0.25, 0.3) is 11.1 Å². The van der Waals surface area contributed by atoms with Crippen molar-refractivity contribution in [2.75, 3.05) is 11.4 Å². The number of rotatable bonds is 1. The Bertz CT molecular complexity index is 564. The smallest absolute Gasteiger partial charge is 0.293 e. The third-order valence-electron chi connectivity index (χ3n) is 2.73. The third kappa shape index (κ3) is 1.46. The highest BCUT2D eigenvalue weighted by atomic mass is 35.5. The van der Waals surface area contributed by atoms with Crippen molar-refractivity contribution in [2.45, 2.75) is 12.8 Å². The van der Waals surface area contributed by atoms with E-state index in [-0.39, 0.29) is 11.3 Å². The van der Waals surface area contributed by atoms with Gasteiger partial charge in [0.1, 0.15) is 5.52 Å². The highest BCUT2D eigenvalue weighted by molar-refractivity contribution is 6.28. The summed E-state index contributed by atoms with van der Waals surface area (Å²) in [5.74, 6) is 0.157. The van der Waals surface area contributed by atoms with Gasteiger partial charge in [0, 0.05) is 24.7 Å². The molecule has 2 heterocycles. The van der Waals surface area contributed by atoms with E-state index in [0.717, 1.165) is 18.7 Å². The van der Waals surface area contributed by atoms with Gasteiger partial charge in [-0.15, -0.1) is 0 Å². The highest BCUT2D eigenvalue weighted by Crippen LogP contribution is 2.27. The fourth-order valence-electron chi connectivity index (χ4n) is 1.97. The second-order valence-electron chi connectivity index (χ2n) is 3.77. The van der Waals surface area contributed by atoms with Crippen LogP contribution in [0.3, 0.4) is 0 Å². The van der Waals surface area contributed by atoms with E-state index < -0.39 is 0 Å². The van der Waals surface area contributed by atoms with E-state index in [0.29, 0.717) is 17.5 Å². The number of anilines is 1. The van der Waals surface area contributed by atoms with Gasteiger partial charge in [-0.25, -0.2) is 0 Å². The van der Waals surface area contributed by atoms with E-state index in [2.05, 4.69) is 4.98 Å². The molecule has 0 bridgehead atoms. The monoisotopic (exact) mass is 236 g/mol. The number of hydrogen-bond donors (Lipinski definition) is 0. The molecule has 0 aliphatic carbocycles. The molecule has 4 nitrogen and oxygen atoms in total. The molecule has 0 unspecified atom stereocenters. The lowest BCUT2D eigenvalue weighted by molar-refractivity contribution is -0.117. The average molecular weight is 237 g/mol. The van der Waals surface area contributed by atoms with Gasteiger partial charge < -0.3 is 9.32 Å². The Morgan fingerprint density at radius 3 is 3.06 bits per heavy atom. The predicted octanol–water partition coefficient (Wildman–Crippen LogP) is 2.61. The number of carbonyl (C=O) groups excluding carboxylic acids is 1. The molecule has 1 fully saturated rings. The van der Waals surface area contributed by atoms with Crippen LogP contribution < -0.4 is 4.90 Å². The van der Waals surface area contributed by atoms with E-state index in [1.54, 1.807) is 11.0 Å². The summed E-state index contributed by atoms with van der Waals surface area (Å²) in [6.45, 7) is 0.770. The Kier molecular flexibility index (Phi) is 2.11. The van der Waals surface area contributed by atoms with Gasteiger partial charge in [-0.2, -0.15) is 4.98 Å². The largest absolute Gasteiger partial charge is 0.427 e. The number of oxazole rings is 1. The fraction of sp³-hybridized carbons (Fsp3) is 0.273. The maximum absolute atomic E-state index is 11.6. The first-order valence-corrected chi connectivity index (χ1v) is 5.48. The molecular formula is C11H9ClN2O2. The Morgan fingerprint density at radius 2 is 2.31 bits per heavy atom. The van der Waals surface area contributed by atoms with Crippen LogP contribution >= 0.6 is 11.6 Å². The molecule has 16 heavy (non-hydrogen) atoms. The number of fused-ring (bicyclic) bond motifs is 1. The van der Waals surface area contributed by atoms with Crippen molar-refractivity contribution >= 4 is 34.3 Å². The van der Waals surface area contributed by atoms with E-state index in [4.69, 9.17) is 16.0 Å². The van der Waals surface area contributed by atoms with E-state index in [1.807, 2.05) is 12.1 Å². The number of hydrogen-bond acceptors (Lipinski definition) is 3. The third-order valence-corrected chi connectivity index (χ3v) is 2.89. The fourth-order valence-corrected chi connectivity index (χ4v) is 2.15.